The second-order valence-corrected chi connectivity index (χ2v) is 5.35. The minimum absolute atomic E-state index is 0.251. The predicted octanol–water partition coefficient (Wildman–Crippen LogP) is 3.90. The van der Waals surface area contributed by atoms with Crippen LogP contribution >= 0.6 is 22.6 Å². The molecule has 0 amide bonds. The Morgan fingerprint density at radius 3 is 2.33 bits per heavy atom. The minimum Gasteiger partial charge on any atom is -0.406 e. The van der Waals surface area contributed by atoms with E-state index in [1.54, 1.807) is 24.5 Å². The van der Waals surface area contributed by atoms with Gasteiger partial charge in [-0.05, 0) is 46.4 Å². The molecule has 0 spiro atoms. The summed E-state index contributed by atoms with van der Waals surface area (Å²) in [5, 5.41) is 8.21. The summed E-state index contributed by atoms with van der Waals surface area (Å²) in [6.45, 7) is 0. The van der Waals surface area contributed by atoms with Gasteiger partial charge in [-0.3, -0.25) is 0 Å². The van der Waals surface area contributed by atoms with Gasteiger partial charge in [0.1, 0.15) is 11.3 Å². The molecule has 1 aromatic carbocycles. The number of hydrogen-bond acceptors (Lipinski definition) is 3. The number of alkyl halides is 3. The lowest BCUT2D eigenvalue weighted by molar-refractivity contribution is -0.274. The van der Waals surface area contributed by atoms with E-state index >= 15 is 0 Å². The maximum Gasteiger partial charge on any atom is 0.573 e. The SMILES string of the molecule is FC(F)(F)Oc1ccc(-c2cnn3ncc(I)c3c2)cc1. The summed E-state index contributed by atoms with van der Waals surface area (Å²) in [5.74, 6) is -0.251. The summed E-state index contributed by atoms with van der Waals surface area (Å²) in [4.78, 5) is 0. The average Bonchev–Trinajstić information content (AvgIpc) is 2.79. The summed E-state index contributed by atoms with van der Waals surface area (Å²) in [6, 6.07) is 7.53. The number of fused-ring (bicyclic) bond motifs is 1. The van der Waals surface area contributed by atoms with E-state index in [-0.39, 0.29) is 5.75 Å². The number of hydrogen-bond donors (Lipinski definition) is 0. The normalized spacial score (nSPS) is 11.8. The Bertz CT molecular complexity index is 783. The fourth-order valence-corrected chi connectivity index (χ4v) is 2.35. The monoisotopic (exact) mass is 405 g/mol. The zero-order chi connectivity index (χ0) is 15.0. The molecule has 0 aliphatic heterocycles. The molecule has 3 aromatic rings. The van der Waals surface area contributed by atoms with Crippen LogP contribution in [-0.4, -0.2) is 21.2 Å². The topological polar surface area (TPSA) is 39.4 Å². The van der Waals surface area contributed by atoms with E-state index < -0.39 is 6.36 Å². The third kappa shape index (κ3) is 3.09. The van der Waals surface area contributed by atoms with Gasteiger partial charge in [-0.15, -0.1) is 13.2 Å². The number of rotatable bonds is 2. The number of halogens is 4. The second kappa shape index (κ2) is 5.17. The zero-order valence-corrected chi connectivity index (χ0v) is 12.5. The van der Waals surface area contributed by atoms with Crippen molar-refractivity contribution in [3.63, 3.8) is 0 Å². The first-order valence-electron chi connectivity index (χ1n) is 5.78. The first kappa shape index (κ1) is 14.1. The molecule has 0 unspecified atom stereocenters. The molecule has 0 bridgehead atoms. The lowest BCUT2D eigenvalue weighted by atomic mass is 10.1. The van der Waals surface area contributed by atoms with Gasteiger partial charge in [-0.1, -0.05) is 12.1 Å². The molecule has 4 nitrogen and oxygen atoms in total. The molecule has 0 aliphatic carbocycles. The van der Waals surface area contributed by atoms with Crippen molar-refractivity contribution >= 4 is 28.1 Å². The Morgan fingerprint density at radius 1 is 1.00 bits per heavy atom. The molecule has 8 heteroatoms. The first-order chi connectivity index (χ1) is 9.92. The fourth-order valence-electron chi connectivity index (χ4n) is 1.86. The van der Waals surface area contributed by atoms with E-state index in [0.29, 0.717) is 0 Å². The van der Waals surface area contributed by atoms with E-state index in [1.165, 1.54) is 16.8 Å². The quantitative estimate of drug-likeness (QED) is 0.608. The van der Waals surface area contributed by atoms with Crippen LogP contribution in [0.4, 0.5) is 13.2 Å². The highest BCUT2D eigenvalue weighted by Crippen LogP contribution is 2.27. The highest BCUT2D eigenvalue weighted by atomic mass is 127. The standard InChI is InChI=1S/C13H7F3IN3O/c14-13(15,16)21-10-3-1-8(2-4-10)9-5-12-11(17)7-19-20(12)18-6-9/h1-7H. The van der Waals surface area contributed by atoms with Crippen LogP contribution in [0.1, 0.15) is 0 Å². The highest BCUT2D eigenvalue weighted by molar-refractivity contribution is 14.1. The molecule has 0 fully saturated rings. The molecule has 0 radical (unpaired) electrons. The van der Waals surface area contributed by atoms with Gasteiger partial charge in [0.2, 0.25) is 0 Å². The van der Waals surface area contributed by atoms with Gasteiger partial charge in [0.25, 0.3) is 0 Å². The number of ether oxygens (including phenoxy) is 1. The van der Waals surface area contributed by atoms with Crippen LogP contribution in [0.2, 0.25) is 0 Å². The van der Waals surface area contributed by atoms with Crippen LogP contribution in [0.5, 0.6) is 5.75 Å². The van der Waals surface area contributed by atoms with Crippen molar-refractivity contribution < 1.29 is 17.9 Å². The van der Waals surface area contributed by atoms with Crippen LogP contribution in [0.3, 0.4) is 0 Å². The summed E-state index contributed by atoms with van der Waals surface area (Å²) in [7, 11) is 0. The predicted molar refractivity (Wildman–Crippen MR) is 77.8 cm³/mol. The van der Waals surface area contributed by atoms with E-state index in [4.69, 9.17) is 0 Å². The third-order valence-corrected chi connectivity index (χ3v) is 3.59. The Kier molecular flexibility index (Phi) is 3.47. The molecular formula is C13H7F3IN3O. The van der Waals surface area contributed by atoms with Crippen molar-refractivity contribution in [3.8, 4) is 16.9 Å². The van der Waals surface area contributed by atoms with Crippen LogP contribution in [-0.2, 0) is 0 Å². The molecule has 0 saturated heterocycles. The minimum atomic E-state index is -4.68. The summed E-state index contributed by atoms with van der Waals surface area (Å²) >= 11 is 2.14. The summed E-state index contributed by atoms with van der Waals surface area (Å²) < 4.78 is 42.6. The summed E-state index contributed by atoms with van der Waals surface area (Å²) in [5.41, 5.74) is 2.37. The molecule has 0 N–H and O–H groups in total. The smallest absolute Gasteiger partial charge is 0.406 e. The van der Waals surface area contributed by atoms with Crippen molar-refractivity contribution in [2.75, 3.05) is 0 Å². The van der Waals surface area contributed by atoms with Crippen LogP contribution < -0.4 is 4.74 Å². The number of aromatic nitrogens is 3. The maximum absolute atomic E-state index is 12.1. The molecule has 3 rings (SSSR count). The lowest BCUT2D eigenvalue weighted by Crippen LogP contribution is -2.16. The van der Waals surface area contributed by atoms with E-state index in [2.05, 4.69) is 37.5 Å². The van der Waals surface area contributed by atoms with Crippen molar-refractivity contribution in [2.45, 2.75) is 6.36 Å². The average molecular weight is 405 g/mol. The van der Waals surface area contributed by atoms with Gasteiger partial charge < -0.3 is 4.74 Å². The molecule has 21 heavy (non-hydrogen) atoms. The second-order valence-electron chi connectivity index (χ2n) is 4.18. The Labute approximate surface area is 130 Å². The van der Waals surface area contributed by atoms with Gasteiger partial charge >= 0.3 is 6.36 Å². The largest absolute Gasteiger partial charge is 0.573 e. The molecule has 2 aromatic heterocycles. The molecule has 108 valence electrons. The van der Waals surface area contributed by atoms with Gasteiger partial charge in [-0.25, -0.2) is 0 Å². The fraction of sp³-hybridized carbons (Fsp3) is 0.0769. The van der Waals surface area contributed by atoms with Crippen molar-refractivity contribution in [1.29, 1.82) is 0 Å². The van der Waals surface area contributed by atoms with Crippen LogP contribution in [0.25, 0.3) is 16.6 Å². The van der Waals surface area contributed by atoms with Crippen LogP contribution in [0.15, 0.2) is 42.7 Å². The summed E-state index contributed by atoms with van der Waals surface area (Å²) in [6.07, 6.45) is -1.39. The Hall–Kier alpha value is -1.84. The van der Waals surface area contributed by atoms with Crippen molar-refractivity contribution in [3.05, 3.63) is 46.3 Å². The maximum atomic E-state index is 12.1. The van der Waals surface area contributed by atoms with Crippen LogP contribution in [0, 0.1) is 3.57 Å². The Morgan fingerprint density at radius 2 is 1.67 bits per heavy atom. The molecule has 0 aliphatic rings. The lowest BCUT2D eigenvalue weighted by Gasteiger charge is -2.09. The van der Waals surface area contributed by atoms with Gasteiger partial charge in [0.05, 0.1) is 16.0 Å². The van der Waals surface area contributed by atoms with Gasteiger partial charge in [-0.2, -0.15) is 14.8 Å². The third-order valence-electron chi connectivity index (χ3n) is 2.76. The number of nitrogens with zero attached hydrogens (tertiary/aromatic N) is 3. The molecule has 2 heterocycles. The van der Waals surface area contributed by atoms with E-state index in [9.17, 15) is 13.2 Å². The molecule has 0 atom stereocenters. The molecular weight excluding hydrogens is 398 g/mol. The first-order valence-corrected chi connectivity index (χ1v) is 6.86. The van der Waals surface area contributed by atoms with E-state index in [1.807, 2.05) is 6.07 Å². The molecule has 0 saturated carbocycles. The van der Waals surface area contributed by atoms with Crippen molar-refractivity contribution in [2.24, 2.45) is 0 Å². The van der Waals surface area contributed by atoms with E-state index in [0.717, 1.165) is 20.2 Å². The number of benzene rings is 1. The highest BCUT2D eigenvalue weighted by Gasteiger charge is 2.30. The Balaban J connectivity index is 1.93. The van der Waals surface area contributed by atoms with Gasteiger partial charge in [0.15, 0.2) is 0 Å². The van der Waals surface area contributed by atoms with Crippen molar-refractivity contribution in [1.82, 2.24) is 14.8 Å². The van der Waals surface area contributed by atoms with Gasteiger partial charge in [0, 0.05) is 5.56 Å². The zero-order valence-electron chi connectivity index (χ0n) is 10.3.